The number of nitrogens with one attached hydrogen (secondary N) is 1. The Morgan fingerprint density at radius 3 is 3.10 bits per heavy atom. The third-order valence-corrected chi connectivity index (χ3v) is 3.86. The molecular weight excluding hydrogens is 274 g/mol. The van der Waals surface area contributed by atoms with Crippen LogP contribution >= 0.6 is 11.6 Å². The zero-order valence-electron chi connectivity index (χ0n) is 11.5. The van der Waals surface area contributed by atoms with E-state index < -0.39 is 0 Å². The Morgan fingerprint density at radius 2 is 2.25 bits per heavy atom. The highest BCUT2D eigenvalue weighted by molar-refractivity contribution is 6.31. The van der Waals surface area contributed by atoms with Gasteiger partial charge in [-0.3, -0.25) is 0 Å². The summed E-state index contributed by atoms with van der Waals surface area (Å²) in [4.78, 5) is 11.3. The molecule has 0 saturated heterocycles. The van der Waals surface area contributed by atoms with Crippen molar-refractivity contribution in [2.75, 3.05) is 18.0 Å². The molecule has 0 aromatic carbocycles. The molecule has 1 aliphatic heterocycles. The van der Waals surface area contributed by atoms with Gasteiger partial charge < -0.3 is 14.8 Å². The van der Waals surface area contributed by atoms with Crippen molar-refractivity contribution in [3.8, 4) is 0 Å². The van der Waals surface area contributed by atoms with Gasteiger partial charge in [-0.2, -0.15) is 0 Å². The number of nitrogens with zero attached hydrogens (tertiary/aromatic N) is 4. The van der Waals surface area contributed by atoms with Gasteiger partial charge in [0, 0.05) is 32.0 Å². The van der Waals surface area contributed by atoms with Gasteiger partial charge in [0.05, 0.1) is 17.3 Å². The first kappa shape index (κ1) is 13.4. The van der Waals surface area contributed by atoms with Crippen molar-refractivity contribution < 1.29 is 0 Å². The lowest BCUT2D eigenvalue weighted by Crippen LogP contribution is -2.34. The van der Waals surface area contributed by atoms with E-state index in [1.807, 2.05) is 24.5 Å². The molecule has 1 aliphatic rings. The topological polar surface area (TPSA) is 46.0 Å². The molecule has 6 heteroatoms. The van der Waals surface area contributed by atoms with Crippen LogP contribution in [0.1, 0.15) is 18.4 Å². The first-order valence-corrected chi connectivity index (χ1v) is 7.27. The Morgan fingerprint density at radius 1 is 1.35 bits per heavy atom. The van der Waals surface area contributed by atoms with Gasteiger partial charge in [0.2, 0.25) is 0 Å². The van der Waals surface area contributed by atoms with E-state index in [1.54, 1.807) is 0 Å². The summed E-state index contributed by atoms with van der Waals surface area (Å²) >= 11 is 6.20. The van der Waals surface area contributed by atoms with E-state index in [0.29, 0.717) is 11.6 Å². The molecule has 0 unspecified atom stereocenters. The smallest absolute Gasteiger partial charge is 0.129 e. The van der Waals surface area contributed by atoms with E-state index in [4.69, 9.17) is 11.6 Å². The van der Waals surface area contributed by atoms with Crippen LogP contribution in [0.2, 0.25) is 5.02 Å². The van der Waals surface area contributed by atoms with Crippen LogP contribution in [0.4, 0.5) is 5.82 Å². The molecule has 0 fully saturated rings. The number of hydrogen-bond donors (Lipinski definition) is 1. The van der Waals surface area contributed by atoms with Gasteiger partial charge in [0.25, 0.3) is 0 Å². The maximum absolute atomic E-state index is 6.20. The number of hydrogen-bond acceptors (Lipinski definition) is 4. The Hall–Kier alpha value is -1.59. The summed E-state index contributed by atoms with van der Waals surface area (Å²) < 4.78 is 2.19. The molecule has 5 nitrogen and oxygen atoms in total. The summed E-state index contributed by atoms with van der Waals surface area (Å²) in [7, 11) is 0. The number of fused-ring (bicyclic) bond motifs is 1. The minimum atomic E-state index is 0.700. The van der Waals surface area contributed by atoms with Crippen LogP contribution in [-0.2, 0) is 19.6 Å². The summed E-state index contributed by atoms with van der Waals surface area (Å²) in [6.07, 6.45) is 3.88. The van der Waals surface area contributed by atoms with Crippen LogP contribution in [0.5, 0.6) is 0 Å². The zero-order valence-corrected chi connectivity index (χ0v) is 12.3. The second-order valence-electron chi connectivity index (χ2n) is 4.84. The molecule has 3 heterocycles. The lowest BCUT2D eigenvalue weighted by molar-refractivity contribution is 0.555. The van der Waals surface area contributed by atoms with E-state index in [2.05, 4.69) is 31.7 Å². The van der Waals surface area contributed by atoms with Crippen LogP contribution in [0.3, 0.4) is 0 Å². The number of rotatable bonds is 4. The summed E-state index contributed by atoms with van der Waals surface area (Å²) in [6.45, 7) is 6.36. The highest BCUT2D eigenvalue weighted by Crippen LogP contribution is 2.22. The fourth-order valence-corrected chi connectivity index (χ4v) is 2.56. The second kappa shape index (κ2) is 5.81. The summed E-state index contributed by atoms with van der Waals surface area (Å²) in [5, 5.41) is 3.98. The summed E-state index contributed by atoms with van der Waals surface area (Å²) in [6, 6.07) is 3.91. The van der Waals surface area contributed by atoms with Crippen molar-refractivity contribution in [2.45, 2.75) is 26.6 Å². The van der Waals surface area contributed by atoms with Crippen molar-refractivity contribution in [3.63, 3.8) is 0 Å². The maximum Gasteiger partial charge on any atom is 0.129 e. The largest absolute Gasteiger partial charge is 0.347 e. The fourth-order valence-electron chi connectivity index (χ4n) is 2.39. The van der Waals surface area contributed by atoms with E-state index >= 15 is 0 Å². The van der Waals surface area contributed by atoms with Gasteiger partial charge in [-0.05, 0) is 18.7 Å². The average molecular weight is 292 g/mol. The molecule has 0 bridgehead atoms. The van der Waals surface area contributed by atoms with Gasteiger partial charge in [-0.1, -0.05) is 18.5 Å². The minimum Gasteiger partial charge on any atom is -0.347 e. The molecule has 3 rings (SSSR count). The Balaban J connectivity index is 1.80. The van der Waals surface area contributed by atoms with E-state index in [9.17, 15) is 0 Å². The first-order chi connectivity index (χ1) is 9.78. The van der Waals surface area contributed by atoms with Crippen molar-refractivity contribution in [2.24, 2.45) is 0 Å². The molecule has 106 valence electrons. The van der Waals surface area contributed by atoms with Crippen molar-refractivity contribution in [1.82, 2.24) is 19.9 Å². The molecule has 1 N–H and O–H groups in total. The van der Waals surface area contributed by atoms with Crippen molar-refractivity contribution in [1.29, 1.82) is 0 Å². The third kappa shape index (κ3) is 2.64. The highest BCUT2D eigenvalue weighted by atomic mass is 35.5. The predicted molar refractivity (Wildman–Crippen MR) is 79.9 cm³/mol. The number of anilines is 1. The molecule has 0 spiro atoms. The SMILES string of the molecule is CCNCc1nc(N2CCn3ccnc3C2)ccc1Cl. The molecular formula is C14H18ClN5. The molecule has 2 aromatic rings. The Bertz CT molecular complexity index is 595. The lowest BCUT2D eigenvalue weighted by Gasteiger charge is -2.29. The Kier molecular flexibility index (Phi) is 3.89. The van der Waals surface area contributed by atoms with Crippen LogP contribution in [0, 0.1) is 0 Å². The summed E-state index contributed by atoms with van der Waals surface area (Å²) in [5.74, 6) is 2.05. The predicted octanol–water partition coefficient (Wildman–Crippen LogP) is 2.06. The van der Waals surface area contributed by atoms with Crippen LogP contribution in [0.25, 0.3) is 0 Å². The average Bonchev–Trinajstić information content (AvgIpc) is 2.94. The molecule has 0 aliphatic carbocycles. The van der Waals surface area contributed by atoms with Gasteiger partial charge >= 0.3 is 0 Å². The van der Waals surface area contributed by atoms with Gasteiger partial charge in [0.1, 0.15) is 11.6 Å². The molecule has 0 atom stereocenters. The summed E-state index contributed by atoms with van der Waals surface area (Å²) in [5.41, 5.74) is 0.903. The maximum atomic E-state index is 6.20. The molecule has 0 radical (unpaired) electrons. The second-order valence-corrected chi connectivity index (χ2v) is 5.24. The van der Waals surface area contributed by atoms with Crippen LogP contribution in [-0.4, -0.2) is 27.6 Å². The quantitative estimate of drug-likeness (QED) is 0.937. The lowest BCUT2D eigenvalue weighted by atomic mass is 10.3. The first-order valence-electron chi connectivity index (χ1n) is 6.89. The minimum absolute atomic E-state index is 0.700. The van der Waals surface area contributed by atoms with Gasteiger partial charge in [0.15, 0.2) is 0 Å². The van der Waals surface area contributed by atoms with Crippen molar-refractivity contribution >= 4 is 17.4 Å². The number of aromatic nitrogens is 3. The van der Waals surface area contributed by atoms with E-state index in [-0.39, 0.29) is 0 Å². The fraction of sp³-hybridized carbons (Fsp3) is 0.429. The van der Waals surface area contributed by atoms with E-state index in [0.717, 1.165) is 43.5 Å². The standard InChI is InChI=1S/C14H18ClN5/c1-2-16-9-12-11(15)3-4-13(18-12)20-8-7-19-6-5-17-14(19)10-20/h3-6,16H,2,7-10H2,1H3. The monoisotopic (exact) mass is 291 g/mol. The number of imidazole rings is 1. The molecule has 0 amide bonds. The van der Waals surface area contributed by atoms with Crippen LogP contribution < -0.4 is 10.2 Å². The van der Waals surface area contributed by atoms with Crippen LogP contribution in [0.15, 0.2) is 24.5 Å². The van der Waals surface area contributed by atoms with Gasteiger partial charge in [-0.25, -0.2) is 9.97 Å². The van der Waals surface area contributed by atoms with E-state index in [1.165, 1.54) is 0 Å². The molecule has 20 heavy (non-hydrogen) atoms. The van der Waals surface area contributed by atoms with Gasteiger partial charge in [-0.15, -0.1) is 0 Å². The number of pyridine rings is 1. The molecule has 2 aromatic heterocycles. The third-order valence-electron chi connectivity index (χ3n) is 3.52. The van der Waals surface area contributed by atoms with Crippen molar-refractivity contribution in [3.05, 3.63) is 41.1 Å². The normalized spacial score (nSPS) is 14.4. The highest BCUT2D eigenvalue weighted by Gasteiger charge is 2.18. The Labute approximate surface area is 123 Å². The molecule has 0 saturated carbocycles. The zero-order chi connectivity index (χ0) is 13.9. The number of halogens is 1.